The van der Waals surface area contributed by atoms with Gasteiger partial charge in [0.05, 0.1) is 5.69 Å². The second-order valence-corrected chi connectivity index (χ2v) is 11.6. The summed E-state index contributed by atoms with van der Waals surface area (Å²) in [5.41, 5.74) is 2.26. The average molecular weight is 513 g/mol. The zero-order valence-corrected chi connectivity index (χ0v) is 20.7. The number of nitrogens with one attached hydrogen (secondary N) is 1. The van der Waals surface area contributed by atoms with Crippen molar-refractivity contribution in [2.24, 2.45) is 0 Å². The molecule has 0 spiro atoms. The molecule has 1 amide bonds. The highest BCUT2D eigenvalue weighted by Crippen LogP contribution is 2.30. The van der Waals surface area contributed by atoms with Crippen molar-refractivity contribution in [2.45, 2.75) is 37.3 Å². The summed E-state index contributed by atoms with van der Waals surface area (Å²) in [6.07, 6.45) is 7.19. The number of thiazole rings is 1. The molecule has 1 saturated heterocycles. The maximum Gasteiger partial charge on any atom is 0.302 e. The van der Waals surface area contributed by atoms with Crippen LogP contribution in [0, 0.1) is 12.3 Å². The molecule has 11 heteroatoms. The molecule has 1 N–H and O–H groups in total. The molecule has 1 aliphatic carbocycles. The summed E-state index contributed by atoms with van der Waals surface area (Å²) in [5, 5.41) is 1.24. The first-order chi connectivity index (χ1) is 16.7. The minimum absolute atomic E-state index is 0.108. The van der Waals surface area contributed by atoms with E-state index in [0.717, 1.165) is 16.0 Å². The van der Waals surface area contributed by atoms with E-state index in [1.807, 2.05) is 0 Å². The number of carbonyl (C=O) groups is 2. The van der Waals surface area contributed by atoms with Gasteiger partial charge in [0.2, 0.25) is 0 Å². The van der Waals surface area contributed by atoms with Crippen LogP contribution in [0.5, 0.6) is 0 Å². The summed E-state index contributed by atoms with van der Waals surface area (Å²) in [7, 11) is -3.74. The smallest absolute Gasteiger partial charge is 0.302 e. The fourth-order valence-corrected chi connectivity index (χ4v) is 7.09. The molecule has 1 fully saturated rings. The van der Waals surface area contributed by atoms with E-state index in [0.29, 0.717) is 35.4 Å². The number of amides is 1. The lowest BCUT2D eigenvalue weighted by atomic mass is 10.00. The van der Waals surface area contributed by atoms with Gasteiger partial charge in [-0.1, -0.05) is 5.92 Å². The molecule has 9 nitrogen and oxygen atoms in total. The molecular formula is C24H24N4O5S2. The molecule has 3 aromatic rings. The number of sulfonamides is 1. The number of H-pyrrole nitrogens is 1. The SMILES string of the molecule is C#Cc1ccc2[nH]c(S(=O)(=O)N3CCN(C(=O)c4nc5c(s4)CC(OC(C)=O)CC5)CC3)cc2c1. The number of rotatable bonds is 4. The maximum absolute atomic E-state index is 13.2. The zero-order chi connectivity index (χ0) is 24.7. The van der Waals surface area contributed by atoms with Crippen LogP contribution in [-0.4, -0.2) is 71.8 Å². The molecule has 0 saturated carbocycles. The van der Waals surface area contributed by atoms with Crippen molar-refractivity contribution in [1.82, 2.24) is 19.2 Å². The molecule has 0 bridgehead atoms. The van der Waals surface area contributed by atoms with Gasteiger partial charge in [-0.3, -0.25) is 9.59 Å². The summed E-state index contributed by atoms with van der Waals surface area (Å²) in [4.78, 5) is 34.4. The normalized spacial score (nSPS) is 18.7. The Balaban J connectivity index is 1.25. The Labute approximate surface area is 207 Å². The lowest BCUT2D eigenvalue weighted by Gasteiger charge is -2.33. The quantitative estimate of drug-likeness (QED) is 0.424. The number of terminal acetylenes is 1. The lowest BCUT2D eigenvalue weighted by molar-refractivity contribution is -0.146. The highest BCUT2D eigenvalue weighted by atomic mass is 32.2. The van der Waals surface area contributed by atoms with E-state index in [1.165, 1.54) is 22.6 Å². The summed E-state index contributed by atoms with van der Waals surface area (Å²) in [5.74, 6) is 2.04. The minimum Gasteiger partial charge on any atom is -0.462 e. The van der Waals surface area contributed by atoms with Crippen LogP contribution in [0.4, 0.5) is 0 Å². The molecule has 1 atom stereocenters. The van der Waals surface area contributed by atoms with Crippen LogP contribution < -0.4 is 0 Å². The van der Waals surface area contributed by atoms with Crippen LogP contribution in [0.2, 0.25) is 0 Å². The number of nitrogens with zero attached hydrogens (tertiary/aromatic N) is 3. The Morgan fingerprint density at radius 3 is 2.71 bits per heavy atom. The van der Waals surface area contributed by atoms with Crippen LogP contribution in [0.3, 0.4) is 0 Å². The fourth-order valence-electron chi connectivity index (χ4n) is 4.51. The van der Waals surface area contributed by atoms with Gasteiger partial charge in [0.1, 0.15) is 11.1 Å². The van der Waals surface area contributed by atoms with Crippen molar-refractivity contribution >= 4 is 44.1 Å². The number of ether oxygens (including phenoxy) is 1. The second-order valence-electron chi connectivity index (χ2n) is 8.64. The van der Waals surface area contributed by atoms with Crippen molar-refractivity contribution < 1.29 is 22.7 Å². The van der Waals surface area contributed by atoms with Gasteiger partial charge in [-0.15, -0.1) is 17.8 Å². The van der Waals surface area contributed by atoms with Crippen LogP contribution >= 0.6 is 11.3 Å². The number of benzene rings is 1. The molecule has 2 aromatic heterocycles. The summed E-state index contributed by atoms with van der Waals surface area (Å²) in [6, 6.07) is 6.88. The summed E-state index contributed by atoms with van der Waals surface area (Å²) < 4.78 is 33.1. The number of hydrogen-bond donors (Lipinski definition) is 1. The van der Waals surface area contributed by atoms with Crippen molar-refractivity contribution in [3.05, 3.63) is 45.4 Å². The van der Waals surface area contributed by atoms with Gasteiger partial charge in [-0.2, -0.15) is 4.31 Å². The van der Waals surface area contributed by atoms with Crippen LogP contribution in [0.15, 0.2) is 29.3 Å². The summed E-state index contributed by atoms with van der Waals surface area (Å²) >= 11 is 1.33. The Bertz CT molecular complexity index is 1460. The topological polar surface area (TPSA) is 113 Å². The molecule has 1 unspecified atom stereocenters. The van der Waals surface area contributed by atoms with Crippen LogP contribution in [-0.2, 0) is 32.4 Å². The van der Waals surface area contributed by atoms with E-state index in [1.54, 1.807) is 29.2 Å². The Hall–Kier alpha value is -3.20. The molecular weight excluding hydrogens is 488 g/mol. The first-order valence-electron chi connectivity index (χ1n) is 11.3. The van der Waals surface area contributed by atoms with E-state index in [2.05, 4.69) is 15.9 Å². The number of aromatic nitrogens is 2. The van der Waals surface area contributed by atoms with Crippen LogP contribution in [0.25, 0.3) is 10.9 Å². The molecule has 5 rings (SSSR count). The average Bonchev–Trinajstić information content (AvgIpc) is 3.47. The van der Waals surface area contributed by atoms with Gasteiger partial charge in [0, 0.05) is 60.9 Å². The van der Waals surface area contributed by atoms with Crippen molar-refractivity contribution in [1.29, 1.82) is 0 Å². The third kappa shape index (κ3) is 4.57. The van der Waals surface area contributed by atoms with E-state index < -0.39 is 10.0 Å². The molecule has 0 radical (unpaired) electrons. The van der Waals surface area contributed by atoms with Gasteiger partial charge >= 0.3 is 5.97 Å². The van der Waals surface area contributed by atoms with E-state index in [9.17, 15) is 18.0 Å². The van der Waals surface area contributed by atoms with Crippen molar-refractivity contribution in [2.75, 3.05) is 26.2 Å². The van der Waals surface area contributed by atoms with Crippen molar-refractivity contribution in [3.8, 4) is 12.3 Å². The van der Waals surface area contributed by atoms with Crippen LogP contribution in [0.1, 0.15) is 39.3 Å². The third-order valence-electron chi connectivity index (χ3n) is 6.32. The van der Waals surface area contributed by atoms with Gasteiger partial charge in [-0.05, 0) is 37.1 Å². The molecule has 1 aliphatic heterocycles. The fraction of sp³-hybridized carbons (Fsp3) is 0.375. The summed E-state index contributed by atoms with van der Waals surface area (Å²) in [6.45, 7) is 2.33. The van der Waals surface area contributed by atoms with E-state index >= 15 is 0 Å². The predicted octanol–water partition coefficient (Wildman–Crippen LogP) is 2.17. The monoisotopic (exact) mass is 512 g/mol. The molecule has 2 aliphatic rings. The number of hydrogen-bond acceptors (Lipinski definition) is 7. The molecule has 35 heavy (non-hydrogen) atoms. The number of fused-ring (bicyclic) bond motifs is 2. The first kappa shape index (κ1) is 23.5. The first-order valence-corrected chi connectivity index (χ1v) is 13.5. The minimum atomic E-state index is -3.74. The number of aryl methyl sites for hydroxylation is 1. The highest BCUT2D eigenvalue weighted by molar-refractivity contribution is 7.89. The number of piperazine rings is 1. The highest BCUT2D eigenvalue weighted by Gasteiger charge is 2.33. The Morgan fingerprint density at radius 2 is 2.00 bits per heavy atom. The predicted molar refractivity (Wildman–Crippen MR) is 131 cm³/mol. The number of aromatic amines is 1. The molecule has 3 heterocycles. The van der Waals surface area contributed by atoms with E-state index in [-0.39, 0.29) is 49.2 Å². The second kappa shape index (κ2) is 9.11. The molecule has 182 valence electrons. The van der Waals surface area contributed by atoms with Gasteiger partial charge in [0.25, 0.3) is 15.9 Å². The Morgan fingerprint density at radius 1 is 1.23 bits per heavy atom. The number of esters is 1. The van der Waals surface area contributed by atoms with Crippen molar-refractivity contribution in [3.63, 3.8) is 0 Å². The lowest BCUT2D eigenvalue weighted by Crippen LogP contribution is -2.50. The largest absolute Gasteiger partial charge is 0.462 e. The standard InChI is InChI=1S/C24H24N4O5S2/c1-3-16-4-6-19-17(12-16)13-22(25-19)35(31,32)28-10-8-27(9-11-28)24(30)23-26-20-7-5-18(33-15(2)29)14-21(20)34-23/h1,4,6,12-13,18,25H,5,7-11,14H2,2H3. The third-order valence-corrected chi connectivity index (χ3v) is 9.25. The van der Waals surface area contributed by atoms with Gasteiger partial charge < -0.3 is 14.6 Å². The zero-order valence-electron chi connectivity index (χ0n) is 19.1. The van der Waals surface area contributed by atoms with E-state index in [4.69, 9.17) is 11.2 Å². The number of carbonyl (C=O) groups excluding carboxylic acids is 2. The van der Waals surface area contributed by atoms with Gasteiger partial charge in [-0.25, -0.2) is 13.4 Å². The molecule has 1 aromatic carbocycles. The van der Waals surface area contributed by atoms with Gasteiger partial charge in [0.15, 0.2) is 5.01 Å². The Kier molecular flexibility index (Phi) is 6.13. The maximum atomic E-state index is 13.2.